The third kappa shape index (κ3) is 7.16. The van der Waals surface area contributed by atoms with E-state index in [2.05, 4.69) is 23.1 Å². The number of carbonyl (C=O) groups is 2. The van der Waals surface area contributed by atoms with Crippen LogP contribution >= 0.6 is 0 Å². The summed E-state index contributed by atoms with van der Waals surface area (Å²) in [5.41, 5.74) is 4.99. The number of hydrogen-bond donors (Lipinski definition) is 2. The summed E-state index contributed by atoms with van der Waals surface area (Å²) in [6.45, 7) is 1.82. The van der Waals surface area contributed by atoms with E-state index in [0.29, 0.717) is 12.8 Å². The van der Waals surface area contributed by atoms with Gasteiger partial charge in [0.15, 0.2) is 0 Å². The van der Waals surface area contributed by atoms with Crippen LogP contribution in [0.5, 0.6) is 0 Å². The van der Waals surface area contributed by atoms with Crippen molar-refractivity contribution in [3.8, 4) is 24.2 Å². The minimum atomic E-state index is -0.493. The van der Waals surface area contributed by atoms with E-state index in [0.717, 1.165) is 0 Å². The largest absolute Gasteiger partial charge is 0.369 e. The van der Waals surface area contributed by atoms with Gasteiger partial charge in [0, 0.05) is 12.8 Å². The molecule has 0 radical (unpaired) electrons. The zero-order chi connectivity index (χ0) is 11.7. The summed E-state index contributed by atoms with van der Waals surface area (Å²) in [4.78, 5) is 21.6. The third-order valence-electron chi connectivity index (χ3n) is 1.62. The second-order valence-electron chi connectivity index (χ2n) is 2.93. The first kappa shape index (κ1) is 13.1. The average Bonchev–Trinajstić information content (AvgIpc) is 2.20. The molecule has 0 aliphatic heterocycles. The molecule has 0 aliphatic rings. The maximum absolute atomic E-state index is 11.0. The molecular weight excluding hydrogens is 192 g/mol. The number of rotatable bonds is 4. The highest BCUT2D eigenvalue weighted by Crippen LogP contribution is 1.88. The second-order valence-corrected chi connectivity index (χ2v) is 2.93. The molecule has 0 saturated carbocycles. The monoisotopic (exact) mass is 206 g/mol. The van der Waals surface area contributed by atoms with Crippen LogP contribution in [-0.4, -0.2) is 18.4 Å². The molecule has 0 fully saturated rings. The zero-order valence-corrected chi connectivity index (χ0v) is 8.67. The van der Waals surface area contributed by atoms with Gasteiger partial charge in [0.05, 0.1) is 12.5 Å². The minimum absolute atomic E-state index is 0.144. The van der Waals surface area contributed by atoms with Crippen molar-refractivity contribution >= 4 is 11.8 Å². The molecule has 0 aliphatic carbocycles. The Hall–Kier alpha value is -1.94. The van der Waals surface area contributed by atoms with E-state index in [1.165, 1.54) is 0 Å². The van der Waals surface area contributed by atoms with E-state index >= 15 is 0 Å². The van der Waals surface area contributed by atoms with Crippen molar-refractivity contribution in [3.05, 3.63) is 0 Å². The number of hydrogen-bond acceptors (Lipinski definition) is 2. The van der Waals surface area contributed by atoms with Crippen LogP contribution < -0.4 is 11.1 Å². The molecule has 0 rings (SSSR count). The van der Waals surface area contributed by atoms with Crippen molar-refractivity contribution in [3.63, 3.8) is 0 Å². The van der Waals surface area contributed by atoms with Crippen molar-refractivity contribution in [1.82, 2.24) is 5.32 Å². The number of terminal acetylenes is 1. The Labute approximate surface area is 89.6 Å². The van der Waals surface area contributed by atoms with E-state index < -0.39 is 11.8 Å². The van der Waals surface area contributed by atoms with Crippen LogP contribution in [0, 0.1) is 30.1 Å². The molecule has 3 N–H and O–H groups in total. The lowest BCUT2D eigenvalue weighted by Crippen LogP contribution is -2.23. The van der Waals surface area contributed by atoms with Crippen molar-refractivity contribution in [1.29, 1.82) is 0 Å². The molecule has 0 spiro atoms. The first-order chi connectivity index (χ1) is 7.07. The number of carbonyl (C=O) groups excluding carboxylic acids is 2. The molecule has 80 valence electrons. The predicted octanol–water partition coefficient (Wildman–Crippen LogP) is -0.359. The molecular formula is C11H14N2O2. The average molecular weight is 206 g/mol. The van der Waals surface area contributed by atoms with Crippen LogP contribution in [0.25, 0.3) is 0 Å². The lowest BCUT2D eigenvalue weighted by molar-refractivity contribution is -0.121. The first-order valence-electron chi connectivity index (χ1n) is 4.55. The van der Waals surface area contributed by atoms with Crippen LogP contribution in [0.3, 0.4) is 0 Å². The third-order valence-corrected chi connectivity index (χ3v) is 1.62. The van der Waals surface area contributed by atoms with Gasteiger partial charge in [-0.25, -0.2) is 0 Å². The fraction of sp³-hybridized carbons (Fsp3) is 0.455. The summed E-state index contributed by atoms with van der Waals surface area (Å²) in [7, 11) is 0. The van der Waals surface area contributed by atoms with Gasteiger partial charge >= 0.3 is 0 Å². The number of nitrogens with two attached hydrogens (primary N) is 1. The molecule has 0 heterocycles. The number of amides is 2. The SMILES string of the molecule is C#CCCC(=O)NCC#CC(C)C(N)=O. The normalized spacial score (nSPS) is 10.4. The highest BCUT2D eigenvalue weighted by atomic mass is 16.1. The summed E-state index contributed by atoms with van der Waals surface area (Å²) in [6.07, 6.45) is 5.70. The molecule has 4 heteroatoms. The number of primary amides is 1. The maximum atomic E-state index is 11.0. The number of nitrogens with one attached hydrogen (secondary N) is 1. The Bertz CT molecular complexity index is 331. The summed E-state index contributed by atoms with van der Waals surface area (Å²) in [5.74, 6) is 6.51. The summed E-state index contributed by atoms with van der Waals surface area (Å²) < 4.78 is 0. The molecule has 0 aromatic heterocycles. The first-order valence-corrected chi connectivity index (χ1v) is 4.55. The topological polar surface area (TPSA) is 72.2 Å². The summed E-state index contributed by atoms with van der Waals surface area (Å²) >= 11 is 0. The molecule has 0 aromatic rings. The highest BCUT2D eigenvalue weighted by Gasteiger charge is 2.02. The van der Waals surface area contributed by atoms with Crippen molar-refractivity contribution in [2.75, 3.05) is 6.54 Å². The van der Waals surface area contributed by atoms with Gasteiger partial charge in [-0.3, -0.25) is 9.59 Å². The molecule has 2 amide bonds. The lowest BCUT2D eigenvalue weighted by Gasteiger charge is -1.98. The molecule has 0 aromatic carbocycles. The standard InChI is InChI=1S/C11H14N2O2/c1-3-4-7-10(14)13-8-5-6-9(2)11(12)15/h1,9H,4,7-8H2,2H3,(H2,12,15)(H,13,14). The molecule has 0 saturated heterocycles. The van der Waals surface area contributed by atoms with Crippen molar-refractivity contribution in [2.24, 2.45) is 11.7 Å². The Balaban J connectivity index is 3.74. The van der Waals surface area contributed by atoms with Gasteiger partial charge in [-0.1, -0.05) is 11.8 Å². The predicted molar refractivity (Wildman–Crippen MR) is 57.2 cm³/mol. The minimum Gasteiger partial charge on any atom is -0.369 e. The van der Waals surface area contributed by atoms with Gasteiger partial charge in [0.2, 0.25) is 11.8 Å². The summed E-state index contributed by atoms with van der Waals surface area (Å²) in [6, 6.07) is 0. The van der Waals surface area contributed by atoms with Crippen LogP contribution in [0.1, 0.15) is 19.8 Å². The Morgan fingerprint density at radius 2 is 2.20 bits per heavy atom. The van der Waals surface area contributed by atoms with E-state index in [1.807, 2.05) is 0 Å². The molecule has 1 atom stereocenters. The second kappa shape index (κ2) is 7.46. The van der Waals surface area contributed by atoms with E-state index in [1.54, 1.807) is 6.92 Å². The van der Waals surface area contributed by atoms with Crippen molar-refractivity contribution in [2.45, 2.75) is 19.8 Å². The smallest absolute Gasteiger partial charge is 0.232 e. The van der Waals surface area contributed by atoms with Crippen LogP contribution in [0.15, 0.2) is 0 Å². The Kier molecular flexibility index (Phi) is 6.50. The van der Waals surface area contributed by atoms with Gasteiger partial charge < -0.3 is 11.1 Å². The molecule has 4 nitrogen and oxygen atoms in total. The fourth-order valence-corrected chi connectivity index (χ4v) is 0.692. The van der Waals surface area contributed by atoms with E-state index in [4.69, 9.17) is 12.2 Å². The van der Waals surface area contributed by atoms with Crippen LogP contribution in [-0.2, 0) is 9.59 Å². The molecule has 15 heavy (non-hydrogen) atoms. The van der Waals surface area contributed by atoms with E-state index in [9.17, 15) is 9.59 Å². The fourth-order valence-electron chi connectivity index (χ4n) is 0.692. The van der Waals surface area contributed by atoms with Gasteiger partial charge in [0.1, 0.15) is 0 Å². The maximum Gasteiger partial charge on any atom is 0.232 e. The molecule has 0 bridgehead atoms. The van der Waals surface area contributed by atoms with Crippen LogP contribution in [0.2, 0.25) is 0 Å². The summed E-state index contributed by atoms with van der Waals surface area (Å²) in [5, 5.41) is 2.55. The van der Waals surface area contributed by atoms with Gasteiger partial charge in [-0.2, -0.15) is 0 Å². The lowest BCUT2D eigenvalue weighted by atomic mass is 10.2. The zero-order valence-electron chi connectivity index (χ0n) is 8.67. The van der Waals surface area contributed by atoms with Crippen molar-refractivity contribution < 1.29 is 9.59 Å². The Morgan fingerprint density at radius 1 is 1.53 bits per heavy atom. The van der Waals surface area contributed by atoms with E-state index in [-0.39, 0.29) is 12.5 Å². The van der Waals surface area contributed by atoms with Gasteiger partial charge in [-0.05, 0) is 6.92 Å². The van der Waals surface area contributed by atoms with Crippen LogP contribution in [0.4, 0.5) is 0 Å². The van der Waals surface area contributed by atoms with Gasteiger partial charge in [-0.15, -0.1) is 12.3 Å². The quantitative estimate of drug-likeness (QED) is 0.617. The van der Waals surface area contributed by atoms with Gasteiger partial charge in [0.25, 0.3) is 0 Å². The highest BCUT2D eigenvalue weighted by molar-refractivity contribution is 5.79. The Morgan fingerprint density at radius 3 is 2.73 bits per heavy atom. The molecule has 1 unspecified atom stereocenters.